The number of nitrogens with zero attached hydrogens (tertiary/aromatic N) is 2. The van der Waals surface area contributed by atoms with Crippen LogP contribution in [0.1, 0.15) is 46.0 Å². The molecule has 0 spiro atoms. The highest BCUT2D eigenvalue weighted by atomic mass is 16.5. The molecule has 2 fully saturated rings. The van der Waals surface area contributed by atoms with Crippen LogP contribution < -0.4 is 0 Å². The lowest BCUT2D eigenvalue weighted by Gasteiger charge is -2.37. The van der Waals surface area contributed by atoms with E-state index in [0.29, 0.717) is 38.6 Å². The van der Waals surface area contributed by atoms with Gasteiger partial charge in [0.05, 0.1) is 25.4 Å². The molecule has 7 nitrogen and oxygen atoms in total. The number of rotatable bonds is 8. The van der Waals surface area contributed by atoms with E-state index in [0.717, 1.165) is 12.8 Å². The second kappa shape index (κ2) is 10.2. The van der Waals surface area contributed by atoms with Crippen molar-refractivity contribution in [2.45, 2.75) is 64.3 Å². The van der Waals surface area contributed by atoms with E-state index in [-0.39, 0.29) is 30.8 Å². The fourth-order valence-corrected chi connectivity index (χ4v) is 3.94. The fraction of sp³-hybridized carbons (Fsp3) is 0.895. The lowest BCUT2D eigenvalue weighted by atomic mass is 9.88. The summed E-state index contributed by atoms with van der Waals surface area (Å²) in [6, 6.07) is 0. The number of hydrogen-bond acceptors (Lipinski definition) is 5. The van der Waals surface area contributed by atoms with Gasteiger partial charge >= 0.3 is 5.97 Å². The van der Waals surface area contributed by atoms with Gasteiger partial charge in [0.1, 0.15) is 6.10 Å². The third-order valence-corrected chi connectivity index (χ3v) is 5.26. The normalized spacial score (nSPS) is 28.2. The van der Waals surface area contributed by atoms with Gasteiger partial charge in [-0.3, -0.25) is 14.5 Å². The van der Waals surface area contributed by atoms with Crippen molar-refractivity contribution in [1.82, 2.24) is 9.80 Å². The van der Waals surface area contributed by atoms with Gasteiger partial charge in [-0.2, -0.15) is 0 Å². The summed E-state index contributed by atoms with van der Waals surface area (Å²) < 4.78 is 11.9. The summed E-state index contributed by atoms with van der Waals surface area (Å²) in [7, 11) is 1.75. The van der Waals surface area contributed by atoms with Crippen LogP contribution in [0.5, 0.6) is 0 Å². The molecule has 4 unspecified atom stereocenters. The van der Waals surface area contributed by atoms with Crippen molar-refractivity contribution >= 4 is 11.9 Å². The highest BCUT2D eigenvalue weighted by molar-refractivity contribution is 5.81. The molecule has 26 heavy (non-hydrogen) atoms. The molecule has 1 aliphatic heterocycles. The first-order chi connectivity index (χ1) is 12.4. The van der Waals surface area contributed by atoms with Crippen molar-refractivity contribution in [3.05, 3.63) is 0 Å². The topological polar surface area (TPSA) is 79.3 Å². The zero-order chi connectivity index (χ0) is 19.1. The maximum atomic E-state index is 12.9. The molecule has 150 valence electrons. The number of carbonyl (C=O) groups excluding carboxylic acids is 1. The number of hydrogen-bond donors (Lipinski definition) is 1. The van der Waals surface area contributed by atoms with E-state index < -0.39 is 5.97 Å². The summed E-state index contributed by atoms with van der Waals surface area (Å²) in [6.45, 7) is 6.24. The van der Waals surface area contributed by atoms with E-state index in [2.05, 4.69) is 6.92 Å². The number of carboxylic acid groups (broad SMARTS) is 1. The molecule has 4 atom stereocenters. The summed E-state index contributed by atoms with van der Waals surface area (Å²) in [5, 5.41) is 8.87. The molecule has 1 amide bonds. The molecule has 0 radical (unpaired) electrons. The number of carbonyl (C=O) groups is 2. The van der Waals surface area contributed by atoms with Gasteiger partial charge in [0.2, 0.25) is 0 Å². The van der Waals surface area contributed by atoms with Crippen molar-refractivity contribution in [1.29, 1.82) is 0 Å². The number of aliphatic carboxylic acids is 1. The van der Waals surface area contributed by atoms with Gasteiger partial charge in [-0.15, -0.1) is 0 Å². The number of carboxylic acids is 1. The van der Waals surface area contributed by atoms with Crippen LogP contribution in [0.3, 0.4) is 0 Å². The van der Waals surface area contributed by atoms with E-state index in [1.165, 1.54) is 12.8 Å². The van der Waals surface area contributed by atoms with Crippen molar-refractivity contribution < 1.29 is 24.2 Å². The fourth-order valence-electron chi connectivity index (χ4n) is 3.94. The summed E-state index contributed by atoms with van der Waals surface area (Å²) in [5.41, 5.74) is 0. The molecule has 1 aliphatic carbocycles. The minimum atomic E-state index is -0.864. The molecule has 0 bridgehead atoms. The third kappa shape index (κ3) is 6.52. The molecule has 1 saturated carbocycles. The van der Waals surface area contributed by atoms with Gasteiger partial charge in [0.25, 0.3) is 5.91 Å². The Balaban J connectivity index is 1.86. The quantitative estimate of drug-likeness (QED) is 0.699. The molecular formula is C19H34N2O5. The first kappa shape index (κ1) is 21.1. The summed E-state index contributed by atoms with van der Waals surface area (Å²) >= 11 is 0. The maximum Gasteiger partial charge on any atom is 0.317 e. The van der Waals surface area contributed by atoms with Crippen LogP contribution >= 0.6 is 0 Å². The average Bonchev–Trinajstić information content (AvgIpc) is 2.58. The molecule has 1 saturated heterocycles. The summed E-state index contributed by atoms with van der Waals surface area (Å²) in [6.07, 6.45) is 4.81. The predicted molar refractivity (Wildman–Crippen MR) is 98.0 cm³/mol. The minimum Gasteiger partial charge on any atom is -0.480 e. The first-order valence-electron chi connectivity index (χ1n) is 9.85. The third-order valence-electron chi connectivity index (χ3n) is 5.26. The highest BCUT2D eigenvalue weighted by Crippen LogP contribution is 2.27. The van der Waals surface area contributed by atoms with Gasteiger partial charge in [-0.1, -0.05) is 26.7 Å². The number of amides is 1. The summed E-state index contributed by atoms with van der Waals surface area (Å²) in [4.78, 5) is 27.3. The Morgan fingerprint density at radius 3 is 2.81 bits per heavy atom. The predicted octanol–water partition coefficient (Wildman–Crippen LogP) is 1.60. The highest BCUT2D eigenvalue weighted by Gasteiger charge is 2.32. The van der Waals surface area contributed by atoms with E-state index in [4.69, 9.17) is 14.6 Å². The Bertz CT molecular complexity index is 473. The molecule has 0 aromatic rings. The largest absolute Gasteiger partial charge is 0.480 e. The van der Waals surface area contributed by atoms with Crippen LogP contribution in [0.2, 0.25) is 0 Å². The lowest BCUT2D eigenvalue weighted by Crippen LogP contribution is -2.52. The SMILES string of the molecule is CCC(OC1CCCC(C)C1)C(=O)N1CCOC(CN(C)CC(=O)O)C1. The number of morpholine rings is 1. The van der Waals surface area contributed by atoms with E-state index in [1.807, 2.05) is 11.8 Å². The van der Waals surface area contributed by atoms with Crippen LogP contribution in [-0.4, -0.2) is 84.9 Å². The van der Waals surface area contributed by atoms with Gasteiger partial charge in [-0.05, 0) is 32.2 Å². The Kier molecular flexibility index (Phi) is 8.31. The Labute approximate surface area is 156 Å². The minimum absolute atomic E-state index is 0.0334. The van der Waals surface area contributed by atoms with Crippen molar-refractivity contribution in [3.63, 3.8) is 0 Å². The smallest absolute Gasteiger partial charge is 0.317 e. The second-order valence-electron chi connectivity index (χ2n) is 7.79. The number of ether oxygens (including phenoxy) is 2. The van der Waals surface area contributed by atoms with Gasteiger partial charge in [0.15, 0.2) is 0 Å². The first-order valence-corrected chi connectivity index (χ1v) is 9.85. The van der Waals surface area contributed by atoms with Crippen molar-refractivity contribution in [2.75, 3.05) is 39.8 Å². The average molecular weight is 370 g/mol. The standard InChI is InChI=1S/C19H34N2O5/c1-4-17(26-15-7-5-6-14(2)10-15)19(24)21-8-9-25-16(12-21)11-20(3)13-18(22)23/h14-17H,4-13H2,1-3H3,(H,22,23). The van der Waals surface area contributed by atoms with Crippen LogP contribution in [0.25, 0.3) is 0 Å². The number of likely N-dealkylation sites (N-methyl/N-ethyl adjacent to an activating group) is 1. The Morgan fingerprint density at radius 1 is 1.38 bits per heavy atom. The van der Waals surface area contributed by atoms with Gasteiger partial charge < -0.3 is 19.5 Å². The molecule has 2 aliphatic rings. The van der Waals surface area contributed by atoms with Crippen molar-refractivity contribution in [3.8, 4) is 0 Å². The molecular weight excluding hydrogens is 336 g/mol. The molecule has 2 rings (SSSR count). The maximum absolute atomic E-state index is 12.9. The zero-order valence-electron chi connectivity index (χ0n) is 16.4. The van der Waals surface area contributed by atoms with E-state index >= 15 is 0 Å². The monoisotopic (exact) mass is 370 g/mol. The Hall–Kier alpha value is -1.18. The van der Waals surface area contributed by atoms with E-state index in [9.17, 15) is 9.59 Å². The van der Waals surface area contributed by atoms with Crippen molar-refractivity contribution in [2.24, 2.45) is 5.92 Å². The second-order valence-corrected chi connectivity index (χ2v) is 7.79. The Morgan fingerprint density at radius 2 is 2.15 bits per heavy atom. The van der Waals surface area contributed by atoms with E-state index in [1.54, 1.807) is 11.9 Å². The van der Waals surface area contributed by atoms with Crippen LogP contribution in [0.4, 0.5) is 0 Å². The van der Waals surface area contributed by atoms with Gasteiger partial charge in [0, 0.05) is 19.6 Å². The molecule has 1 heterocycles. The molecule has 0 aromatic carbocycles. The molecule has 1 N–H and O–H groups in total. The van der Waals surface area contributed by atoms with Gasteiger partial charge in [-0.25, -0.2) is 0 Å². The lowest BCUT2D eigenvalue weighted by molar-refractivity contribution is -0.157. The summed E-state index contributed by atoms with van der Waals surface area (Å²) in [5.74, 6) is -0.156. The molecule has 0 aromatic heterocycles. The van der Waals surface area contributed by atoms with Crippen LogP contribution in [-0.2, 0) is 19.1 Å². The van der Waals surface area contributed by atoms with Crippen LogP contribution in [0.15, 0.2) is 0 Å². The van der Waals surface area contributed by atoms with Crippen LogP contribution in [0, 0.1) is 5.92 Å². The molecule has 7 heteroatoms. The zero-order valence-corrected chi connectivity index (χ0v) is 16.4.